The van der Waals surface area contributed by atoms with Crippen molar-refractivity contribution in [2.75, 3.05) is 11.1 Å². The number of carbonyl (C=O) groups is 1. The summed E-state index contributed by atoms with van der Waals surface area (Å²) >= 11 is 1.76. The summed E-state index contributed by atoms with van der Waals surface area (Å²) in [5, 5.41) is 3.24. The van der Waals surface area contributed by atoms with Crippen molar-refractivity contribution in [1.82, 2.24) is 0 Å². The van der Waals surface area contributed by atoms with Gasteiger partial charge in [-0.25, -0.2) is 0 Å². The molecule has 0 aliphatic carbocycles. The maximum atomic E-state index is 11.2. The standard InChI is InChI=1S/C14H17N3OS/c1-8-6-10(19-9(8)2)7-17-12-5-3-4-11(13(12)15)14(16)18/h3-6,17H,7,15H2,1-2H3,(H2,16,18). The lowest BCUT2D eigenvalue weighted by atomic mass is 10.1. The van der Waals surface area contributed by atoms with Gasteiger partial charge in [0.25, 0.3) is 5.91 Å². The Hall–Kier alpha value is -2.01. The van der Waals surface area contributed by atoms with Crippen molar-refractivity contribution in [1.29, 1.82) is 0 Å². The monoisotopic (exact) mass is 275 g/mol. The van der Waals surface area contributed by atoms with Crippen molar-refractivity contribution in [3.8, 4) is 0 Å². The molecule has 1 aromatic carbocycles. The van der Waals surface area contributed by atoms with E-state index in [9.17, 15) is 4.79 Å². The molecule has 100 valence electrons. The Morgan fingerprint density at radius 1 is 1.37 bits per heavy atom. The molecule has 0 radical (unpaired) electrons. The van der Waals surface area contributed by atoms with Crippen LogP contribution in [-0.4, -0.2) is 5.91 Å². The largest absolute Gasteiger partial charge is 0.396 e. The zero-order valence-corrected chi connectivity index (χ0v) is 11.8. The van der Waals surface area contributed by atoms with Crippen LogP contribution in [0.1, 0.15) is 25.7 Å². The molecule has 5 heteroatoms. The van der Waals surface area contributed by atoms with Gasteiger partial charge >= 0.3 is 0 Å². The molecule has 5 N–H and O–H groups in total. The fourth-order valence-electron chi connectivity index (χ4n) is 1.85. The predicted octanol–water partition coefficient (Wildman–Crippen LogP) is 2.66. The number of nitrogens with one attached hydrogen (secondary N) is 1. The summed E-state index contributed by atoms with van der Waals surface area (Å²) in [4.78, 5) is 13.8. The molecular formula is C14H17N3OS. The van der Waals surface area contributed by atoms with Crippen LogP contribution in [0.5, 0.6) is 0 Å². The van der Waals surface area contributed by atoms with Crippen LogP contribution in [0.3, 0.4) is 0 Å². The molecular weight excluding hydrogens is 258 g/mol. The number of carbonyl (C=O) groups excluding carboxylic acids is 1. The Morgan fingerprint density at radius 3 is 2.68 bits per heavy atom. The number of rotatable bonds is 4. The highest BCUT2D eigenvalue weighted by Gasteiger charge is 2.09. The molecule has 1 heterocycles. The molecule has 0 aliphatic rings. The molecule has 19 heavy (non-hydrogen) atoms. The van der Waals surface area contributed by atoms with Crippen molar-refractivity contribution < 1.29 is 4.79 Å². The van der Waals surface area contributed by atoms with Gasteiger partial charge in [-0.1, -0.05) is 6.07 Å². The molecule has 0 fully saturated rings. The highest BCUT2D eigenvalue weighted by molar-refractivity contribution is 7.12. The highest BCUT2D eigenvalue weighted by Crippen LogP contribution is 2.25. The number of benzene rings is 1. The van der Waals surface area contributed by atoms with Crippen LogP contribution in [-0.2, 0) is 6.54 Å². The summed E-state index contributed by atoms with van der Waals surface area (Å²) < 4.78 is 0. The zero-order chi connectivity index (χ0) is 14.0. The number of thiophene rings is 1. The van der Waals surface area contributed by atoms with Crippen LogP contribution in [0.15, 0.2) is 24.3 Å². The molecule has 0 atom stereocenters. The van der Waals surface area contributed by atoms with E-state index >= 15 is 0 Å². The first-order chi connectivity index (χ1) is 8.99. The van der Waals surface area contributed by atoms with Crippen molar-refractivity contribution in [3.05, 3.63) is 45.1 Å². The van der Waals surface area contributed by atoms with Gasteiger partial charge in [-0.15, -0.1) is 11.3 Å². The van der Waals surface area contributed by atoms with E-state index in [0.29, 0.717) is 17.8 Å². The summed E-state index contributed by atoms with van der Waals surface area (Å²) in [7, 11) is 0. The van der Waals surface area contributed by atoms with Gasteiger partial charge in [0.1, 0.15) is 0 Å². The molecule has 0 spiro atoms. The second-order valence-corrected chi connectivity index (χ2v) is 5.78. The number of primary amides is 1. The van der Waals surface area contributed by atoms with E-state index in [2.05, 4.69) is 25.2 Å². The molecule has 4 nitrogen and oxygen atoms in total. The Kier molecular flexibility index (Phi) is 3.76. The molecule has 0 saturated carbocycles. The van der Waals surface area contributed by atoms with Gasteiger partial charge in [-0.05, 0) is 37.6 Å². The third kappa shape index (κ3) is 2.88. The van der Waals surface area contributed by atoms with Crippen molar-refractivity contribution in [3.63, 3.8) is 0 Å². The molecule has 1 amide bonds. The summed E-state index contributed by atoms with van der Waals surface area (Å²) in [5.41, 5.74) is 14.0. The molecule has 0 aliphatic heterocycles. The van der Waals surface area contributed by atoms with Gasteiger partial charge in [-0.2, -0.15) is 0 Å². The van der Waals surface area contributed by atoms with Crippen LogP contribution in [0.4, 0.5) is 11.4 Å². The topological polar surface area (TPSA) is 81.1 Å². The van der Waals surface area contributed by atoms with Crippen molar-refractivity contribution >= 4 is 28.6 Å². The van der Waals surface area contributed by atoms with Gasteiger partial charge in [0, 0.05) is 16.3 Å². The molecule has 1 aromatic heterocycles. The number of anilines is 2. The second-order valence-electron chi connectivity index (χ2n) is 4.44. The van der Waals surface area contributed by atoms with Crippen LogP contribution in [0.2, 0.25) is 0 Å². The van der Waals surface area contributed by atoms with Gasteiger partial charge < -0.3 is 16.8 Å². The first-order valence-electron chi connectivity index (χ1n) is 5.97. The molecule has 0 unspecified atom stereocenters. The number of amides is 1. The maximum Gasteiger partial charge on any atom is 0.250 e. The lowest BCUT2D eigenvalue weighted by Crippen LogP contribution is -2.14. The van der Waals surface area contributed by atoms with E-state index in [4.69, 9.17) is 11.5 Å². The van der Waals surface area contributed by atoms with Crippen molar-refractivity contribution in [2.45, 2.75) is 20.4 Å². The molecule has 2 aromatic rings. The average molecular weight is 275 g/mol. The number of para-hydroxylation sites is 1. The third-order valence-corrected chi connectivity index (χ3v) is 4.19. The number of nitrogens with two attached hydrogens (primary N) is 2. The minimum absolute atomic E-state index is 0.351. The third-order valence-electron chi connectivity index (χ3n) is 3.04. The average Bonchev–Trinajstić information content (AvgIpc) is 2.67. The normalized spacial score (nSPS) is 10.4. The Labute approximate surface area is 116 Å². The van der Waals surface area contributed by atoms with Crippen LogP contribution >= 0.6 is 11.3 Å². The van der Waals surface area contributed by atoms with Crippen LogP contribution in [0.25, 0.3) is 0 Å². The first kappa shape index (κ1) is 13.4. The van der Waals surface area contributed by atoms with Gasteiger partial charge in [0.15, 0.2) is 0 Å². The fourth-order valence-corrected chi connectivity index (χ4v) is 2.85. The van der Waals surface area contributed by atoms with Crippen molar-refractivity contribution in [2.24, 2.45) is 5.73 Å². The molecule has 2 rings (SSSR count). The number of aryl methyl sites for hydroxylation is 2. The minimum Gasteiger partial charge on any atom is -0.396 e. The van der Waals surface area contributed by atoms with E-state index in [-0.39, 0.29) is 0 Å². The first-order valence-corrected chi connectivity index (χ1v) is 6.78. The predicted molar refractivity (Wildman–Crippen MR) is 80.5 cm³/mol. The second kappa shape index (κ2) is 5.32. The number of nitrogen functional groups attached to an aromatic ring is 1. The lowest BCUT2D eigenvalue weighted by molar-refractivity contribution is 0.100. The zero-order valence-electron chi connectivity index (χ0n) is 11.0. The lowest BCUT2D eigenvalue weighted by Gasteiger charge is -2.10. The highest BCUT2D eigenvalue weighted by atomic mass is 32.1. The van der Waals surface area contributed by atoms with E-state index in [1.54, 1.807) is 23.5 Å². The van der Waals surface area contributed by atoms with Crippen LogP contribution < -0.4 is 16.8 Å². The smallest absolute Gasteiger partial charge is 0.250 e. The maximum absolute atomic E-state index is 11.2. The summed E-state index contributed by atoms with van der Waals surface area (Å²) in [6, 6.07) is 7.39. The molecule has 0 saturated heterocycles. The van der Waals surface area contributed by atoms with Gasteiger partial charge in [0.05, 0.1) is 16.9 Å². The number of hydrogen-bond donors (Lipinski definition) is 3. The van der Waals surface area contributed by atoms with E-state index in [0.717, 1.165) is 5.69 Å². The molecule has 0 bridgehead atoms. The fraction of sp³-hybridized carbons (Fsp3) is 0.214. The Balaban J connectivity index is 2.16. The Morgan fingerprint density at radius 2 is 2.11 bits per heavy atom. The van der Waals surface area contributed by atoms with E-state index < -0.39 is 5.91 Å². The van der Waals surface area contributed by atoms with Crippen LogP contribution in [0, 0.1) is 13.8 Å². The SMILES string of the molecule is Cc1cc(CNc2cccc(C(N)=O)c2N)sc1C. The van der Waals surface area contributed by atoms with Gasteiger partial charge in [0.2, 0.25) is 0 Å². The Bertz CT molecular complexity index is 600. The van der Waals surface area contributed by atoms with Gasteiger partial charge in [-0.3, -0.25) is 4.79 Å². The summed E-state index contributed by atoms with van der Waals surface area (Å²) in [6.45, 7) is 4.88. The summed E-state index contributed by atoms with van der Waals surface area (Å²) in [6.07, 6.45) is 0. The minimum atomic E-state index is -0.510. The quantitative estimate of drug-likeness (QED) is 0.750. The van der Waals surface area contributed by atoms with E-state index in [1.807, 2.05) is 6.07 Å². The summed E-state index contributed by atoms with van der Waals surface area (Å²) in [5.74, 6) is -0.510. The number of hydrogen-bond acceptors (Lipinski definition) is 4. The van der Waals surface area contributed by atoms with E-state index in [1.165, 1.54) is 15.3 Å².